The van der Waals surface area contributed by atoms with Crippen molar-refractivity contribution < 1.29 is 4.74 Å². The van der Waals surface area contributed by atoms with Gasteiger partial charge in [-0.3, -0.25) is 0 Å². The van der Waals surface area contributed by atoms with Gasteiger partial charge in [-0.2, -0.15) is 0 Å². The molecule has 2 aromatic rings. The minimum Gasteiger partial charge on any atom is -0.487 e. The summed E-state index contributed by atoms with van der Waals surface area (Å²) in [6, 6.07) is 10.1. The molecule has 132 valence electrons. The lowest BCUT2D eigenvalue weighted by atomic mass is 9.88. The van der Waals surface area contributed by atoms with Crippen LogP contribution in [0, 0.1) is 0 Å². The van der Waals surface area contributed by atoms with Gasteiger partial charge in [-0.1, -0.05) is 29.3 Å². The first-order chi connectivity index (χ1) is 12.1. The fourth-order valence-electron chi connectivity index (χ4n) is 3.81. The molecule has 2 aromatic carbocycles. The van der Waals surface area contributed by atoms with Crippen LogP contribution in [0.3, 0.4) is 0 Å². The first-order valence-electron chi connectivity index (χ1n) is 8.80. The topological polar surface area (TPSA) is 24.5 Å². The zero-order valence-electron chi connectivity index (χ0n) is 14.5. The van der Waals surface area contributed by atoms with E-state index in [-0.39, 0.29) is 6.10 Å². The van der Waals surface area contributed by atoms with Crippen LogP contribution in [0.15, 0.2) is 30.3 Å². The number of ether oxygens (including phenoxy) is 1. The van der Waals surface area contributed by atoms with Gasteiger partial charge in [0.1, 0.15) is 11.9 Å². The van der Waals surface area contributed by atoms with Gasteiger partial charge in [0.2, 0.25) is 0 Å². The van der Waals surface area contributed by atoms with Gasteiger partial charge in [-0.15, -0.1) is 0 Å². The SMILES string of the molecule is CCN(C)c1cc(-c2ccc(Cl)cc2Cl)cc2c1OC1CCNCC21. The van der Waals surface area contributed by atoms with Crippen LogP contribution in [-0.2, 0) is 0 Å². The first-order valence-corrected chi connectivity index (χ1v) is 9.56. The van der Waals surface area contributed by atoms with E-state index in [9.17, 15) is 0 Å². The first kappa shape index (κ1) is 17.0. The molecule has 0 radical (unpaired) electrons. The number of anilines is 1. The van der Waals surface area contributed by atoms with E-state index in [1.165, 1.54) is 5.56 Å². The van der Waals surface area contributed by atoms with E-state index in [1.807, 2.05) is 12.1 Å². The van der Waals surface area contributed by atoms with Gasteiger partial charge in [0.15, 0.2) is 0 Å². The van der Waals surface area contributed by atoms with Crippen LogP contribution in [0.2, 0.25) is 10.0 Å². The summed E-state index contributed by atoms with van der Waals surface area (Å²) in [4.78, 5) is 2.23. The van der Waals surface area contributed by atoms with E-state index in [2.05, 4.69) is 36.3 Å². The lowest BCUT2D eigenvalue weighted by Gasteiger charge is -2.25. The van der Waals surface area contributed by atoms with Crippen molar-refractivity contribution in [2.24, 2.45) is 0 Å². The Balaban J connectivity index is 1.87. The predicted molar refractivity (Wildman–Crippen MR) is 105 cm³/mol. The molecule has 0 saturated carbocycles. The summed E-state index contributed by atoms with van der Waals surface area (Å²) >= 11 is 12.5. The molecule has 2 aliphatic rings. The molecule has 5 heteroatoms. The normalized spacial score (nSPS) is 21.4. The smallest absolute Gasteiger partial charge is 0.146 e. The summed E-state index contributed by atoms with van der Waals surface area (Å²) in [5, 5.41) is 4.83. The molecule has 0 amide bonds. The van der Waals surface area contributed by atoms with Crippen molar-refractivity contribution in [3.8, 4) is 16.9 Å². The Bertz CT molecular complexity index is 809. The average molecular weight is 377 g/mol. The minimum atomic E-state index is 0.274. The van der Waals surface area contributed by atoms with E-state index >= 15 is 0 Å². The van der Waals surface area contributed by atoms with E-state index in [0.29, 0.717) is 16.0 Å². The molecule has 2 atom stereocenters. The molecule has 4 rings (SSSR count). The maximum absolute atomic E-state index is 6.48. The van der Waals surface area contributed by atoms with E-state index < -0.39 is 0 Å². The summed E-state index contributed by atoms with van der Waals surface area (Å²) in [5.41, 5.74) is 4.55. The number of hydrogen-bond acceptors (Lipinski definition) is 3. The zero-order valence-corrected chi connectivity index (χ0v) is 16.0. The summed E-state index contributed by atoms with van der Waals surface area (Å²) < 4.78 is 6.37. The number of piperidine rings is 1. The van der Waals surface area contributed by atoms with Gasteiger partial charge in [0.05, 0.1) is 5.69 Å². The Morgan fingerprint density at radius 3 is 2.84 bits per heavy atom. The molecule has 3 nitrogen and oxygen atoms in total. The van der Waals surface area contributed by atoms with Gasteiger partial charge in [-0.25, -0.2) is 0 Å². The van der Waals surface area contributed by atoms with E-state index in [1.54, 1.807) is 6.07 Å². The highest BCUT2D eigenvalue weighted by atomic mass is 35.5. The van der Waals surface area contributed by atoms with Crippen molar-refractivity contribution in [3.63, 3.8) is 0 Å². The van der Waals surface area contributed by atoms with Crippen molar-refractivity contribution in [3.05, 3.63) is 45.9 Å². The molecule has 0 bridgehead atoms. The third-order valence-corrected chi connectivity index (χ3v) is 5.86. The largest absolute Gasteiger partial charge is 0.487 e. The maximum Gasteiger partial charge on any atom is 0.146 e. The molecule has 0 aromatic heterocycles. The Labute approximate surface area is 158 Å². The highest BCUT2D eigenvalue weighted by Crippen LogP contribution is 2.48. The lowest BCUT2D eigenvalue weighted by Crippen LogP contribution is -2.37. The van der Waals surface area contributed by atoms with Gasteiger partial charge in [-0.05, 0) is 49.7 Å². The van der Waals surface area contributed by atoms with Crippen molar-refractivity contribution in [1.82, 2.24) is 5.32 Å². The molecular weight excluding hydrogens is 355 g/mol. The molecule has 2 aliphatic heterocycles. The van der Waals surface area contributed by atoms with Crippen molar-refractivity contribution in [2.75, 3.05) is 31.6 Å². The third-order valence-electron chi connectivity index (χ3n) is 5.31. The standard InChI is InChI=1S/C20H22Cl2N2O/c1-3-24(2)18-9-12(14-5-4-13(21)10-17(14)22)8-15-16-11-23-7-6-19(16)25-20(15)18/h4-5,8-10,16,19,23H,3,6-7,11H2,1-2H3. The number of rotatable bonds is 3. The highest BCUT2D eigenvalue weighted by Gasteiger charge is 2.38. The fourth-order valence-corrected chi connectivity index (χ4v) is 4.33. The average Bonchev–Trinajstić information content (AvgIpc) is 2.99. The monoisotopic (exact) mass is 376 g/mol. The van der Waals surface area contributed by atoms with Crippen LogP contribution in [0.4, 0.5) is 5.69 Å². The number of halogens is 2. The van der Waals surface area contributed by atoms with Crippen molar-refractivity contribution >= 4 is 28.9 Å². The molecule has 0 spiro atoms. The third kappa shape index (κ3) is 2.99. The number of nitrogens with zero attached hydrogens (tertiary/aromatic N) is 1. The predicted octanol–water partition coefficient (Wildman–Crippen LogP) is 4.95. The van der Waals surface area contributed by atoms with Gasteiger partial charge in [0, 0.05) is 47.2 Å². The van der Waals surface area contributed by atoms with Crippen LogP contribution >= 0.6 is 23.2 Å². The quantitative estimate of drug-likeness (QED) is 0.819. The van der Waals surface area contributed by atoms with Crippen LogP contribution < -0.4 is 15.0 Å². The molecule has 1 fully saturated rings. The Morgan fingerprint density at radius 2 is 2.08 bits per heavy atom. The lowest BCUT2D eigenvalue weighted by molar-refractivity contribution is 0.172. The summed E-state index contributed by atoms with van der Waals surface area (Å²) in [6.45, 7) is 5.05. The number of hydrogen-bond donors (Lipinski definition) is 1. The fraction of sp³-hybridized carbons (Fsp3) is 0.400. The molecular formula is C20H22Cl2N2O. The molecule has 2 heterocycles. The Hall–Kier alpha value is -1.42. The van der Waals surface area contributed by atoms with Gasteiger partial charge >= 0.3 is 0 Å². The summed E-state index contributed by atoms with van der Waals surface area (Å²) in [6.07, 6.45) is 1.32. The Morgan fingerprint density at radius 1 is 1.24 bits per heavy atom. The molecule has 1 N–H and O–H groups in total. The van der Waals surface area contributed by atoms with Crippen LogP contribution in [0.1, 0.15) is 24.8 Å². The van der Waals surface area contributed by atoms with Gasteiger partial charge in [0.25, 0.3) is 0 Å². The van der Waals surface area contributed by atoms with Crippen LogP contribution in [0.5, 0.6) is 5.75 Å². The second kappa shape index (κ2) is 6.71. The second-order valence-electron chi connectivity index (χ2n) is 6.81. The molecule has 0 aliphatic carbocycles. The van der Waals surface area contributed by atoms with Gasteiger partial charge < -0.3 is 15.0 Å². The zero-order chi connectivity index (χ0) is 17.6. The molecule has 2 unspecified atom stereocenters. The van der Waals surface area contributed by atoms with E-state index in [0.717, 1.165) is 48.6 Å². The molecule has 25 heavy (non-hydrogen) atoms. The Kier molecular flexibility index (Phi) is 4.57. The van der Waals surface area contributed by atoms with Crippen LogP contribution in [0.25, 0.3) is 11.1 Å². The second-order valence-corrected chi connectivity index (χ2v) is 7.65. The van der Waals surface area contributed by atoms with E-state index in [4.69, 9.17) is 27.9 Å². The number of benzene rings is 2. The van der Waals surface area contributed by atoms with Crippen molar-refractivity contribution in [2.45, 2.75) is 25.4 Å². The highest BCUT2D eigenvalue weighted by molar-refractivity contribution is 6.36. The minimum absolute atomic E-state index is 0.274. The van der Waals surface area contributed by atoms with Crippen molar-refractivity contribution in [1.29, 1.82) is 0 Å². The number of fused-ring (bicyclic) bond motifs is 3. The molecule has 1 saturated heterocycles. The summed E-state index contributed by atoms with van der Waals surface area (Å²) in [5.74, 6) is 1.44. The van der Waals surface area contributed by atoms with Crippen LogP contribution in [-0.4, -0.2) is 32.8 Å². The summed E-state index contributed by atoms with van der Waals surface area (Å²) in [7, 11) is 2.10. The number of nitrogens with one attached hydrogen (secondary N) is 1. The maximum atomic E-state index is 6.48.